The number of hydrogen-bond acceptors (Lipinski definition) is 3. The smallest absolute Gasteiger partial charge is 0.0482 e. The Labute approximate surface area is 114 Å². The predicted molar refractivity (Wildman–Crippen MR) is 78.9 cm³/mol. The molecule has 0 bridgehead atoms. The Balaban J connectivity index is 1.82. The molecule has 2 fully saturated rings. The SMILES string of the molecule is NC(c1ccccc1)C1(N2CCSCC2)CCC1. The highest BCUT2D eigenvalue weighted by Crippen LogP contribution is 2.46. The molecular weight excluding hydrogens is 240 g/mol. The highest BCUT2D eigenvalue weighted by atomic mass is 32.2. The molecule has 3 rings (SSSR count). The molecule has 2 aliphatic rings. The van der Waals surface area contributed by atoms with E-state index in [0.717, 1.165) is 0 Å². The van der Waals surface area contributed by atoms with Crippen molar-refractivity contribution in [2.24, 2.45) is 5.73 Å². The Morgan fingerprint density at radius 2 is 1.78 bits per heavy atom. The topological polar surface area (TPSA) is 29.3 Å². The number of nitrogens with zero attached hydrogens (tertiary/aromatic N) is 1. The molecule has 0 amide bonds. The monoisotopic (exact) mass is 262 g/mol. The minimum Gasteiger partial charge on any atom is -0.322 e. The van der Waals surface area contributed by atoms with E-state index < -0.39 is 0 Å². The summed E-state index contributed by atoms with van der Waals surface area (Å²) in [5.74, 6) is 2.53. The fourth-order valence-corrected chi connectivity index (χ4v) is 4.25. The highest BCUT2D eigenvalue weighted by molar-refractivity contribution is 7.99. The van der Waals surface area contributed by atoms with Crippen molar-refractivity contribution in [3.63, 3.8) is 0 Å². The Morgan fingerprint density at radius 3 is 2.33 bits per heavy atom. The Bertz CT molecular complexity index is 383. The summed E-state index contributed by atoms with van der Waals surface area (Å²) in [5, 5.41) is 0. The van der Waals surface area contributed by atoms with E-state index in [1.807, 2.05) is 0 Å². The second-order valence-electron chi connectivity index (χ2n) is 5.44. The van der Waals surface area contributed by atoms with Gasteiger partial charge in [-0.25, -0.2) is 0 Å². The van der Waals surface area contributed by atoms with Crippen molar-refractivity contribution in [3.8, 4) is 0 Å². The number of hydrogen-bond donors (Lipinski definition) is 1. The van der Waals surface area contributed by atoms with Crippen LogP contribution in [0.25, 0.3) is 0 Å². The van der Waals surface area contributed by atoms with Gasteiger partial charge in [0.1, 0.15) is 0 Å². The fourth-order valence-electron chi connectivity index (χ4n) is 3.34. The van der Waals surface area contributed by atoms with Crippen LogP contribution in [0, 0.1) is 0 Å². The molecule has 1 atom stereocenters. The van der Waals surface area contributed by atoms with Gasteiger partial charge in [-0.15, -0.1) is 0 Å². The molecule has 2 N–H and O–H groups in total. The second-order valence-corrected chi connectivity index (χ2v) is 6.67. The molecule has 1 saturated carbocycles. The van der Waals surface area contributed by atoms with Crippen molar-refractivity contribution in [1.82, 2.24) is 4.90 Å². The first-order valence-corrected chi connectivity index (χ1v) is 8.12. The number of rotatable bonds is 3. The van der Waals surface area contributed by atoms with Gasteiger partial charge in [0.15, 0.2) is 0 Å². The molecule has 18 heavy (non-hydrogen) atoms. The van der Waals surface area contributed by atoms with Crippen molar-refractivity contribution in [2.45, 2.75) is 30.8 Å². The minimum atomic E-state index is 0.176. The zero-order valence-corrected chi connectivity index (χ0v) is 11.7. The van der Waals surface area contributed by atoms with Crippen LogP contribution in [0.1, 0.15) is 30.9 Å². The van der Waals surface area contributed by atoms with Crippen LogP contribution < -0.4 is 5.73 Å². The first kappa shape index (κ1) is 12.5. The lowest BCUT2D eigenvalue weighted by Crippen LogP contribution is -2.61. The van der Waals surface area contributed by atoms with E-state index in [9.17, 15) is 0 Å². The first-order valence-electron chi connectivity index (χ1n) is 6.96. The van der Waals surface area contributed by atoms with Gasteiger partial charge in [0, 0.05) is 36.2 Å². The zero-order chi connectivity index (χ0) is 12.4. The fraction of sp³-hybridized carbons (Fsp3) is 0.600. The van der Waals surface area contributed by atoms with Crippen LogP contribution >= 0.6 is 11.8 Å². The summed E-state index contributed by atoms with van der Waals surface area (Å²) in [7, 11) is 0. The average Bonchev–Trinajstić information content (AvgIpc) is 2.40. The molecule has 1 saturated heterocycles. The third-order valence-electron chi connectivity index (χ3n) is 4.60. The van der Waals surface area contributed by atoms with Crippen molar-refractivity contribution in [2.75, 3.05) is 24.6 Å². The van der Waals surface area contributed by atoms with E-state index >= 15 is 0 Å². The lowest BCUT2D eigenvalue weighted by Gasteiger charge is -2.55. The Morgan fingerprint density at radius 1 is 1.11 bits per heavy atom. The zero-order valence-electron chi connectivity index (χ0n) is 10.8. The van der Waals surface area contributed by atoms with Gasteiger partial charge in [0.25, 0.3) is 0 Å². The van der Waals surface area contributed by atoms with Crippen LogP contribution in [-0.2, 0) is 0 Å². The van der Waals surface area contributed by atoms with Crippen molar-refractivity contribution >= 4 is 11.8 Å². The van der Waals surface area contributed by atoms with Crippen molar-refractivity contribution in [1.29, 1.82) is 0 Å². The average molecular weight is 262 g/mol. The molecule has 1 aromatic carbocycles. The summed E-state index contributed by atoms with van der Waals surface area (Å²) in [6.07, 6.45) is 3.88. The van der Waals surface area contributed by atoms with Crippen molar-refractivity contribution < 1.29 is 0 Å². The van der Waals surface area contributed by atoms with Crippen LogP contribution in [0.5, 0.6) is 0 Å². The van der Waals surface area contributed by atoms with E-state index in [4.69, 9.17) is 5.73 Å². The minimum absolute atomic E-state index is 0.176. The first-order chi connectivity index (χ1) is 8.83. The highest BCUT2D eigenvalue weighted by Gasteiger charge is 2.47. The molecule has 1 aromatic rings. The van der Waals surface area contributed by atoms with Gasteiger partial charge in [-0.05, 0) is 24.8 Å². The molecule has 1 aliphatic carbocycles. The number of thioether (sulfide) groups is 1. The molecule has 1 aliphatic heterocycles. The molecular formula is C15H22N2S. The van der Waals surface area contributed by atoms with Gasteiger partial charge in [-0.2, -0.15) is 11.8 Å². The van der Waals surface area contributed by atoms with Gasteiger partial charge in [0.2, 0.25) is 0 Å². The summed E-state index contributed by atoms with van der Waals surface area (Å²) in [5.41, 5.74) is 8.17. The number of benzene rings is 1. The lowest BCUT2D eigenvalue weighted by molar-refractivity contribution is 0.0000590. The van der Waals surface area contributed by atoms with E-state index in [-0.39, 0.29) is 11.6 Å². The summed E-state index contributed by atoms with van der Waals surface area (Å²) >= 11 is 2.07. The van der Waals surface area contributed by atoms with Gasteiger partial charge < -0.3 is 5.73 Å². The normalized spacial score (nSPS) is 25.4. The maximum Gasteiger partial charge on any atom is 0.0482 e. The third-order valence-corrected chi connectivity index (χ3v) is 5.54. The van der Waals surface area contributed by atoms with E-state index in [1.165, 1.54) is 49.4 Å². The third kappa shape index (κ3) is 2.09. The van der Waals surface area contributed by atoms with Crippen LogP contribution in [0.2, 0.25) is 0 Å². The van der Waals surface area contributed by atoms with Gasteiger partial charge in [0.05, 0.1) is 0 Å². The largest absolute Gasteiger partial charge is 0.322 e. The number of nitrogens with two attached hydrogens (primary N) is 1. The molecule has 0 aromatic heterocycles. The van der Waals surface area contributed by atoms with E-state index in [2.05, 4.69) is 47.0 Å². The maximum atomic E-state index is 6.62. The Hall–Kier alpha value is -0.510. The molecule has 0 radical (unpaired) electrons. The Kier molecular flexibility index (Phi) is 3.64. The maximum absolute atomic E-state index is 6.62. The molecule has 1 heterocycles. The predicted octanol–water partition coefficient (Wildman–Crippen LogP) is 2.66. The summed E-state index contributed by atoms with van der Waals surface area (Å²) < 4.78 is 0. The van der Waals surface area contributed by atoms with Crippen LogP contribution in [0.3, 0.4) is 0 Å². The van der Waals surface area contributed by atoms with Crippen molar-refractivity contribution in [3.05, 3.63) is 35.9 Å². The summed E-state index contributed by atoms with van der Waals surface area (Å²) in [4.78, 5) is 2.67. The summed E-state index contributed by atoms with van der Waals surface area (Å²) in [6, 6.07) is 10.8. The lowest BCUT2D eigenvalue weighted by atomic mass is 9.68. The van der Waals surface area contributed by atoms with E-state index in [0.29, 0.717) is 0 Å². The quantitative estimate of drug-likeness (QED) is 0.908. The van der Waals surface area contributed by atoms with E-state index in [1.54, 1.807) is 0 Å². The molecule has 3 heteroatoms. The van der Waals surface area contributed by atoms with Gasteiger partial charge >= 0.3 is 0 Å². The molecule has 98 valence electrons. The van der Waals surface area contributed by atoms with Crippen LogP contribution in [0.4, 0.5) is 0 Å². The van der Waals surface area contributed by atoms with Crippen LogP contribution in [0.15, 0.2) is 30.3 Å². The molecule has 0 spiro atoms. The standard InChI is InChI=1S/C15H22N2S/c16-14(13-5-2-1-3-6-13)15(7-4-8-15)17-9-11-18-12-10-17/h1-3,5-6,14H,4,7-12,16H2. The van der Waals surface area contributed by atoms with Crippen LogP contribution in [-0.4, -0.2) is 35.0 Å². The summed E-state index contributed by atoms with van der Waals surface area (Å²) in [6.45, 7) is 2.43. The molecule has 1 unspecified atom stereocenters. The van der Waals surface area contributed by atoms with Gasteiger partial charge in [-0.1, -0.05) is 30.3 Å². The second kappa shape index (κ2) is 5.24. The molecule has 2 nitrogen and oxygen atoms in total. The van der Waals surface area contributed by atoms with Gasteiger partial charge in [-0.3, -0.25) is 4.90 Å².